The van der Waals surface area contributed by atoms with Crippen molar-refractivity contribution in [1.82, 2.24) is 0 Å². The Kier molecular flexibility index (Phi) is 8.40. The number of carbonyl (C=O) groups is 2. The summed E-state index contributed by atoms with van der Waals surface area (Å²) in [6.45, 7) is 10.0. The normalized spacial score (nSPS) is 13.3. The molecule has 4 nitrogen and oxygen atoms in total. The number of esters is 2. The van der Waals surface area contributed by atoms with Crippen LogP contribution in [0, 0.1) is 18.3 Å². The van der Waals surface area contributed by atoms with E-state index < -0.39 is 11.4 Å². The van der Waals surface area contributed by atoms with E-state index in [4.69, 9.17) is 9.47 Å². The van der Waals surface area contributed by atoms with Crippen LogP contribution in [0.25, 0.3) is 17.2 Å². The van der Waals surface area contributed by atoms with Crippen LogP contribution in [0.3, 0.4) is 0 Å². The van der Waals surface area contributed by atoms with Crippen molar-refractivity contribution < 1.29 is 19.1 Å². The summed E-state index contributed by atoms with van der Waals surface area (Å²) < 4.78 is 10.4. The summed E-state index contributed by atoms with van der Waals surface area (Å²) in [5.74, 6) is -0.533. The van der Waals surface area contributed by atoms with Crippen molar-refractivity contribution >= 4 is 18.0 Å². The van der Waals surface area contributed by atoms with Crippen LogP contribution in [0.4, 0.5) is 0 Å². The lowest BCUT2D eigenvalue weighted by molar-refractivity contribution is -0.161. The van der Waals surface area contributed by atoms with E-state index in [0.717, 1.165) is 16.7 Å². The maximum Gasteiger partial charge on any atom is 0.330 e. The summed E-state index contributed by atoms with van der Waals surface area (Å²) in [4.78, 5) is 24.2. The number of aryl methyl sites for hydroxylation is 1. The summed E-state index contributed by atoms with van der Waals surface area (Å²) in [5.41, 5.74) is 3.89. The van der Waals surface area contributed by atoms with Gasteiger partial charge in [-0.05, 0) is 49.0 Å². The molecule has 1 atom stereocenters. The van der Waals surface area contributed by atoms with E-state index in [0.29, 0.717) is 6.42 Å². The van der Waals surface area contributed by atoms with Crippen LogP contribution in [0.2, 0.25) is 0 Å². The average molecular weight is 409 g/mol. The highest BCUT2D eigenvalue weighted by atomic mass is 16.6. The van der Waals surface area contributed by atoms with Crippen molar-refractivity contribution in [3.05, 3.63) is 65.7 Å². The second-order valence-electron chi connectivity index (χ2n) is 8.05. The smallest absolute Gasteiger partial charge is 0.330 e. The van der Waals surface area contributed by atoms with E-state index in [2.05, 4.69) is 31.2 Å². The number of benzene rings is 2. The highest BCUT2D eigenvalue weighted by Gasteiger charge is 2.36. The van der Waals surface area contributed by atoms with Gasteiger partial charge in [0.2, 0.25) is 0 Å². The third-order valence-electron chi connectivity index (χ3n) is 5.74. The Bertz CT molecular complexity index is 863. The van der Waals surface area contributed by atoms with Gasteiger partial charge in [0.15, 0.2) is 0 Å². The van der Waals surface area contributed by atoms with Gasteiger partial charge in [-0.15, -0.1) is 0 Å². The molecule has 1 unspecified atom stereocenters. The molecule has 0 heterocycles. The SMILES string of the molecule is CCC(C)(C(=O)OCCOC(=O)/C=C/c1ccc(-c2ccc(C)cc2)cc1)C(C)C. The number of rotatable bonds is 9. The molecule has 0 N–H and O–H groups in total. The number of hydrogen-bond donors (Lipinski definition) is 0. The first-order valence-electron chi connectivity index (χ1n) is 10.5. The third kappa shape index (κ3) is 6.31. The topological polar surface area (TPSA) is 52.6 Å². The molecule has 0 amide bonds. The Morgan fingerprint density at radius 2 is 1.47 bits per heavy atom. The highest BCUT2D eigenvalue weighted by molar-refractivity contribution is 5.87. The van der Waals surface area contributed by atoms with E-state index in [1.165, 1.54) is 11.6 Å². The molecule has 0 aliphatic heterocycles. The molecule has 0 aliphatic rings. The van der Waals surface area contributed by atoms with Gasteiger partial charge < -0.3 is 9.47 Å². The number of carbonyl (C=O) groups excluding carboxylic acids is 2. The Morgan fingerprint density at radius 1 is 0.933 bits per heavy atom. The summed E-state index contributed by atoms with van der Waals surface area (Å²) in [6, 6.07) is 16.3. The molecular formula is C26H32O4. The van der Waals surface area contributed by atoms with Gasteiger partial charge >= 0.3 is 11.9 Å². The second-order valence-corrected chi connectivity index (χ2v) is 8.05. The molecule has 30 heavy (non-hydrogen) atoms. The van der Waals surface area contributed by atoms with Gasteiger partial charge in [-0.1, -0.05) is 74.9 Å². The Balaban J connectivity index is 1.79. The van der Waals surface area contributed by atoms with E-state index in [-0.39, 0.29) is 25.1 Å². The molecule has 2 rings (SSSR count). The van der Waals surface area contributed by atoms with Crippen molar-refractivity contribution in [2.24, 2.45) is 11.3 Å². The van der Waals surface area contributed by atoms with Gasteiger partial charge in [-0.2, -0.15) is 0 Å². The van der Waals surface area contributed by atoms with Gasteiger partial charge in [0.25, 0.3) is 0 Å². The zero-order valence-electron chi connectivity index (χ0n) is 18.6. The first-order chi connectivity index (χ1) is 14.3. The first-order valence-corrected chi connectivity index (χ1v) is 10.5. The summed E-state index contributed by atoms with van der Waals surface area (Å²) in [7, 11) is 0. The lowest BCUT2D eigenvalue weighted by Gasteiger charge is -2.29. The molecule has 2 aromatic carbocycles. The Morgan fingerprint density at radius 3 is 2.00 bits per heavy atom. The number of ether oxygens (including phenoxy) is 2. The molecule has 0 bridgehead atoms. The van der Waals surface area contributed by atoms with Gasteiger partial charge in [0.05, 0.1) is 5.41 Å². The zero-order chi connectivity index (χ0) is 22.1. The maximum absolute atomic E-state index is 12.3. The molecule has 0 spiro atoms. The predicted molar refractivity (Wildman–Crippen MR) is 121 cm³/mol. The first kappa shape index (κ1) is 23.4. The van der Waals surface area contributed by atoms with Crippen LogP contribution in [0.5, 0.6) is 0 Å². The standard InChI is InChI=1S/C26H32O4/c1-6-26(5,19(2)3)25(28)30-18-17-29-24(27)16-11-21-9-14-23(15-10-21)22-12-7-20(4)8-13-22/h7-16,19H,6,17-18H2,1-5H3/b16-11+. The predicted octanol–water partition coefficient (Wildman–Crippen LogP) is 5.83. The molecule has 0 fully saturated rings. The van der Waals surface area contributed by atoms with Crippen molar-refractivity contribution in [3.63, 3.8) is 0 Å². The van der Waals surface area contributed by atoms with Gasteiger partial charge in [-0.3, -0.25) is 4.79 Å². The number of hydrogen-bond acceptors (Lipinski definition) is 4. The largest absolute Gasteiger partial charge is 0.462 e. The average Bonchev–Trinajstić information content (AvgIpc) is 2.75. The van der Waals surface area contributed by atoms with Crippen molar-refractivity contribution in [1.29, 1.82) is 0 Å². The van der Waals surface area contributed by atoms with Crippen LogP contribution < -0.4 is 0 Å². The quantitative estimate of drug-likeness (QED) is 0.297. The summed E-state index contributed by atoms with van der Waals surface area (Å²) in [6.07, 6.45) is 3.79. The molecule has 0 radical (unpaired) electrons. The van der Waals surface area contributed by atoms with Crippen molar-refractivity contribution in [2.45, 2.75) is 41.0 Å². The van der Waals surface area contributed by atoms with E-state index in [9.17, 15) is 9.59 Å². The van der Waals surface area contributed by atoms with Crippen LogP contribution >= 0.6 is 0 Å². The Hall–Kier alpha value is -2.88. The van der Waals surface area contributed by atoms with Gasteiger partial charge in [-0.25, -0.2) is 4.79 Å². The minimum atomic E-state index is -0.519. The van der Waals surface area contributed by atoms with Crippen LogP contribution in [0.15, 0.2) is 54.6 Å². The lowest BCUT2D eigenvalue weighted by atomic mass is 9.77. The lowest BCUT2D eigenvalue weighted by Crippen LogP contribution is -2.35. The van der Waals surface area contributed by atoms with Crippen molar-refractivity contribution in [3.8, 4) is 11.1 Å². The minimum absolute atomic E-state index is 0.0408. The van der Waals surface area contributed by atoms with E-state index >= 15 is 0 Å². The molecular weight excluding hydrogens is 376 g/mol. The second kappa shape index (κ2) is 10.8. The molecule has 0 saturated heterocycles. The minimum Gasteiger partial charge on any atom is -0.462 e. The fourth-order valence-electron chi connectivity index (χ4n) is 2.97. The molecule has 0 aromatic heterocycles. The van der Waals surface area contributed by atoms with Crippen LogP contribution in [-0.4, -0.2) is 25.2 Å². The third-order valence-corrected chi connectivity index (χ3v) is 5.74. The van der Waals surface area contributed by atoms with Crippen LogP contribution in [0.1, 0.15) is 45.2 Å². The monoisotopic (exact) mass is 408 g/mol. The molecule has 0 saturated carbocycles. The molecule has 160 valence electrons. The fraction of sp³-hybridized carbons (Fsp3) is 0.385. The highest BCUT2D eigenvalue weighted by Crippen LogP contribution is 2.32. The molecule has 4 heteroatoms. The molecule has 0 aliphatic carbocycles. The van der Waals surface area contributed by atoms with Crippen molar-refractivity contribution in [2.75, 3.05) is 13.2 Å². The van der Waals surface area contributed by atoms with Gasteiger partial charge in [0.1, 0.15) is 13.2 Å². The maximum atomic E-state index is 12.3. The summed E-state index contributed by atoms with van der Waals surface area (Å²) >= 11 is 0. The molecule has 2 aromatic rings. The van der Waals surface area contributed by atoms with E-state index in [1.807, 2.05) is 52.0 Å². The zero-order valence-corrected chi connectivity index (χ0v) is 18.6. The summed E-state index contributed by atoms with van der Waals surface area (Å²) in [5, 5.41) is 0. The Labute approximate surface area is 179 Å². The van der Waals surface area contributed by atoms with E-state index in [1.54, 1.807) is 6.08 Å². The van der Waals surface area contributed by atoms with Gasteiger partial charge in [0, 0.05) is 6.08 Å². The fourth-order valence-corrected chi connectivity index (χ4v) is 2.97. The van der Waals surface area contributed by atoms with Crippen LogP contribution in [-0.2, 0) is 19.1 Å².